The first-order valence-corrected chi connectivity index (χ1v) is 9.51. The minimum atomic E-state index is -0.544. The Bertz CT molecular complexity index is 861. The van der Waals surface area contributed by atoms with E-state index in [9.17, 15) is 4.79 Å². The number of benzene rings is 1. The van der Waals surface area contributed by atoms with Crippen molar-refractivity contribution in [1.82, 2.24) is 19.7 Å². The van der Waals surface area contributed by atoms with Crippen molar-refractivity contribution < 1.29 is 4.79 Å². The Balaban J connectivity index is 1.72. The molecule has 2 aromatic heterocycles. The summed E-state index contributed by atoms with van der Waals surface area (Å²) in [5.41, 5.74) is 7.96. The number of carbonyl (C=O) groups is 1. The summed E-state index contributed by atoms with van der Waals surface area (Å²) >= 11 is 2.88. The maximum absolute atomic E-state index is 12.5. The number of nitrogens with one attached hydrogen (secondary N) is 1. The van der Waals surface area contributed by atoms with Crippen LogP contribution in [0, 0.1) is 6.92 Å². The Kier molecular flexibility index (Phi) is 5.34. The van der Waals surface area contributed by atoms with Crippen molar-refractivity contribution in [3.05, 3.63) is 47.0 Å². The largest absolute Gasteiger partial charge is 0.368 e. The first-order valence-electron chi connectivity index (χ1n) is 7.64. The topological polar surface area (TPSA) is 98.7 Å². The summed E-state index contributed by atoms with van der Waals surface area (Å²) in [6.45, 7) is 3.65. The molecule has 0 bridgehead atoms. The molecule has 3 N–H and O–H groups in total. The molecule has 130 valence electrons. The molecule has 0 saturated carbocycles. The predicted molar refractivity (Wildman–Crippen MR) is 101 cm³/mol. The number of amides is 1. The molecule has 0 aliphatic carbocycles. The molecule has 9 heteroatoms. The Labute approximate surface area is 153 Å². The van der Waals surface area contributed by atoms with Gasteiger partial charge >= 0.3 is 0 Å². The van der Waals surface area contributed by atoms with E-state index in [-0.39, 0.29) is 11.9 Å². The van der Waals surface area contributed by atoms with Crippen LogP contribution in [0.4, 0.5) is 11.1 Å². The SMILES string of the molecule is Cc1csc(NC(=O)C(C)n2c(N)nnc2SCc2ccccc2)n1. The highest BCUT2D eigenvalue weighted by Crippen LogP contribution is 2.27. The van der Waals surface area contributed by atoms with Gasteiger partial charge in [-0.2, -0.15) is 0 Å². The second-order valence-corrected chi connectivity index (χ2v) is 7.24. The number of hydrogen-bond donors (Lipinski definition) is 2. The van der Waals surface area contributed by atoms with Crippen molar-refractivity contribution in [3.63, 3.8) is 0 Å². The summed E-state index contributed by atoms with van der Waals surface area (Å²) in [7, 11) is 0. The van der Waals surface area contributed by atoms with E-state index in [1.807, 2.05) is 42.6 Å². The number of anilines is 2. The number of nitrogen functional groups attached to an aromatic ring is 1. The van der Waals surface area contributed by atoms with Crippen molar-refractivity contribution >= 4 is 40.1 Å². The van der Waals surface area contributed by atoms with Crippen molar-refractivity contribution in [1.29, 1.82) is 0 Å². The lowest BCUT2D eigenvalue weighted by atomic mass is 10.2. The van der Waals surface area contributed by atoms with Crippen LogP contribution in [0.25, 0.3) is 0 Å². The highest BCUT2D eigenvalue weighted by molar-refractivity contribution is 7.98. The average Bonchev–Trinajstić information content (AvgIpc) is 3.18. The Morgan fingerprint density at radius 2 is 2.12 bits per heavy atom. The van der Waals surface area contributed by atoms with Crippen molar-refractivity contribution in [2.24, 2.45) is 0 Å². The minimum absolute atomic E-state index is 0.206. The van der Waals surface area contributed by atoms with Crippen LogP contribution in [0.1, 0.15) is 24.2 Å². The Hall–Kier alpha value is -2.39. The monoisotopic (exact) mass is 374 g/mol. The fourth-order valence-corrected chi connectivity index (χ4v) is 3.88. The quantitative estimate of drug-likeness (QED) is 0.643. The second-order valence-electron chi connectivity index (χ2n) is 5.44. The van der Waals surface area contributed by atoms with E-state index in [4.69, 9.17) is 5.73 Å². The molecular formula is C16H18N6OS2. The fraction of sp³-hybridized carbons (Fsp3) is 0.250. The molecule has 2 heterocycles. The maximum atomic E-state index is 12.5. The van der Waals surface area contributed by atoms with Gasteiger partial charge in [0.25, 0.3) is 0 Å². The number of nitrogens with zero attached hydrogens (tertiary/aromatic N) is 4. The summed E-state index contributed by atoms with van der Waals surface area (Å²) in [5.74, 6) is 0.731. The Morgan fingerprint density at radius 3 is 2.80 bits per heavy atom. The van der Waals surface area contributed by atoms with Crippen molar-refractivity contribution in [2.45, 2.75) is 30.8 Å². The van der Waals surface area contributed by atoms with Crippen LogP contribution < -0.4 is 11.1 Å². The maximum Gasteiger partial charge on any atom is 0.249 e. The summed E-state index contributed by atoms with van der Waals surface area (Å²) in [4.78, 5) is 16.8. The zero-order valence-corrected chi connectivity index (χ0v) is 15.5. The Morgan fingerprint density at radius 1 is 1.36 bits per heavy atom. The van der Waals surface area contributed by atoms with Gasteiger partial charge in [-0.3, -0.25) is 9.36 Å². The number of thiazole rings is 1. The highest BCUT2D eigenvalue weighted by atomic mass is 32.2. The molecule has 3 rings (SSSR count). The summed E-state index contributed by atoms with van der Waals surface area (Å²) in [5, 5.41) is 13.9. The van der Waals surface area contributed by atoms with Crippen molar-refractivity contribution in [3.8, 4) is 0 Å². The number of thioether (sulfide) groups is 1. The second kappa shape index (κ2) is 7.66. The van der Waals surface area contributed by atoms with E-state index in [2.05, 4.69) is 20.5 Å². The molecule has 0 fully saturated rings. The zero-order valence-electron chi connectivity index (χ0n) is 13.8. The summed E-state index contributed by atoms with van der Waals surface area (Å²) in [6.07, 6.45) is 0. The molecule has 3 aromatic rings. The van der Waals surface area contributed by atoms with E-state index >= 15 is 0 Å². The van der Waals surface area contributed by atoms with Gasteiger partial charge in [0.1, 0.15) is 6.04 Å². The smallest absolute Gasteiger partial charge is 0.249 e. The predicted octanol–water partition coefficient (Wildman–Crippen LogP) is 3.12. The first kappa shape index (κ1) is 17.4. The van der Waals surface area contributed by atoms with E-state index in [1.165, 1.54) is 23.1 Å². The van der Waals surface area contributed by atoms with Crippen LogP contribution in [0.2, 0.25) is 0 Å². The normalized spacial score (nSPS) is 12.1. The lowest BCUT2D eigenvalue weighted by molar-refractivity contribution is -0.118. The molecule has 0 radical (unpaired) electrons. The van der Waals surface area contributed by atoms with Gasteiger partial charge in [-0.25, -0.2) is 4.98 Å². The molecule has 1 amide bonds. The van der Waals surface area contributed by atoms with Gasteiger partial charge in [-0.15, -0.1) is 21.5 Å². The van der Waals surface area contributed by atoms with Crippen LogP contribution in [-0.2, 0) is 10.5 Å². The third kappa shape index (κ3) is 4.18. The molecule has 1 atom stereocenters. The van der Waals surface area contributed by atoms with Crippen LogP contribution in [0.3, 0.4) is 0 Å². The molecule has 0 aliphatic heterocycles. The molecule has 0 aliphatic rings. The summed E-state index contributed by atoms with van der Waals surface area (Å²) < 4.78 is 1.64. The van der Waals surface area contributed by atoms with Gasteiger partial charge in [0.2, 0.25) is 11.9 Å². The molecule has 1 aromatic carbocycles. The van der Waals surface area contributed by atoms with Gasteiger partial charge in [-0.1, -0.05) is 42.1 Å². The van der Waals surface area contributed by atoms with E-state index in [0.717, 1.165) is 17.0 Å². The van der Waals surface area contributed by atoms with Gasteiger partial charge in [-0.05, 0) is 19.4 Å². The third-order valence-corrected chi connectivity index (χ3v) is 5.41. The highest BCUT2D eigenvalue weighted by Gasteiger charge is 2.23. The number of carbonyl (C=O) groups excluding carboxylic acids is 1. The average molecular weight is 374 g/mol. The number of rotatable bonds is 6. The van der Waals surface area contributed by atoms with Crippen LogP contribution in [0.15, 0.2) is 40.9 Å². The fourth-order valence-electron chi connectivity index (χ4n) is 2.21. The number of aromatic nitrogens is 4. The van der Waals surface area contributed by atoms with E-state index in [0.29, 0.717) is 10.3 Å². The molecule has 25 heavy (non-hydrogen) atoms. The molecule has 0 spiro atoms. The van der Waals surface area contributed by atoms with Crippen molar-refractivity contribution in [2.75, 3.05) is 11.1 Å². The molecule has 7 nitrogen and oxygen atoms in total. The molecule has 0 saturated heterocycles. The molecule has 1 unspecified atom stereocenters. The van der Waals surface area contributed by atoms with Gasteiger partial charge in [0, 0.05) is 11.1 Å². The van der Waals surface area contributed by atoms with Crippen LogP contribution in [-0.4, -0.2) is 25.7 Å². The van der Waals surface area contributed by atoms with E-state index in [1.54, 1.807) is 11.5 Å². The van der Waals surface area contributed by atoms with Gasteiger partial charge in [0.05, 0.1) is 5.69 Å². The summed E-state index contributed by atoms with van der Waals surface area (Å²) in [6, 6.07) is 9.48. The van der Waals surface area contributed by atoms with Crippen LogP contribution in [0.5, 0.6) is 0 Å². The van der Waals surface area contributed by atoms with Gasteiger partial charge < -0.3 is 11.1 Å². The first-order chi connectivity index (χ1) is 12.0. The third-order valence-electron chi connectivity index (χ3n) is 3.52. The standard InChI is InChI=1S/C16H18N6OS2/c1-10-8-24-15(18-10)19-13(23)11(2)22-14(17)20-21-16(22)25-9-12-6-4-3-5-7-12/h3-8,11H,9H2,1-2H3,(H2,17,20)(H,18,19,23). The number of nitrogens with two attached hydrogens (primary N) is 1. The zero-order chi connectivity index (χ0) is 17.8. The van der Waals surface area contributed by atoms with Gasteiger partial charge in [0.15, 0.2) is 10.3 Å². The lowest BCUT2D eigenvalue weighted by Crippen LogP contribution is -2.25. The lowest BCUT2D eigenvalue weighted by Gasteiger charge is -2.15. The molecular weight excluding hydrogens is 356 g/mol. The van der Waals surface area contributed by atoms with Crippen LogP contribution >= 0.6 is 23.1 Å². The number of hydrogen-bond acceptors (Lipinski definition) is 7. The number of aryl methyl sites for hydroxylation is 1. The minimum Gasteiger partial charge on any atom is -0.368 e. The van der Waals surface area contributed by atoms with E-state index < -0.39 is 6.04 Å².